The summed E-state index contributed by atoms with van der Waals surface area (Å²) in [7, 11) is 1.43. The average Bonchev–Trinajstić information content (AvgIpc) is 2.79. The number of oxazole rings is 1. The third kappa shape index (κ3) is 2.31. The summed E-state index contributed by atoms with van der Waals surface area (Å²) in [5, 5.41) is 3.01. The van der Waals surface area contributed by atoms with Crippen molar-refractivity contribution in [2.24, 2.45) is 0 Å². The first-order valence-electron chi connectivity index (χ1n) is 4.74. The van der Waals surface area contributed by atoms with Gasteiger partial charge in [-0.05, 0) is 12.1 Å². The Bertz CT molecular complexity index is 457. The molecule has 0 atom stereocenters. The molecule has 16 heavy (non-hydrogen) atoms. The summed E-state index contributed by atoms with van der Waals surface area (Å²) in [6.07, 6.45) is 2.96. The Labute approximate surface area is 92.1 Å². The van der Waals surface area contributed by atoms with Crippen LogP contribution in [0.4, 0.5) is 10.1 Å². The van der Waals surface area contributed by atoms with Crippen molar-refractivity contribution in [3.8, 4) is 5.75 Å². The predicted molar refractivity (Wildman–Crippen MR) is 56.8 cm³/mol. The van der Waals surface area contributed by atoms with Crippen molar-refractivity contribution < 1.29 is 13.5 Å². The number of methoxy groups -OCH3 is 1. The van der Waals surface area contributed by atoms with E-state index in [1.165, 1.54) is 19.6 Å². The van der Waals surface area contributed by atoms with Gasteiger partial charge in [0.15, 0.2) is 18.0 Å². The summed E-state index contributed by atoms with van der Waals surface area (Å²) in [5.74, 6) is 0.520. The molecule has 1 aromatic heterocycles. The van der Waals surface area contributed by atoms with Gasteiger partial charge in [-0.3, -0.25) is 0 Å². The minimum atomic E-state index is -0.398. The Kier molecular flexibility index (Phi) is 3.05. The third-order valence-corrected chi connectivity index (χ3v) is 2.10. The minimum Gasteiger partial charge on any atom is -0.494 e. The lowest BCUT2D eigenvalue weighted by molar-refractivity contribution is 0.386. The highest BCUT2D eigenvalue weighted by molar-refractivity contribution is 5.47. The zero-order valence-electron chi connectivity index (χ0n) is 8.74. The Morgan fingerprint density at radius 3 is 3.00 bits per heavy atom. The van der Waals surface area contributed by atoms with Gasteiger partial charge in [-0.25, -0.2) is 9.37 Å². The highest BCUT2D eigenvalue weighted by Crippen LogP contribution is 2.20. The van der Waals surface area contributed by atoms with Gasteiger partial charge in [-0.15, -0.1) is 0 Å². The number of halogens is 1. The van der Waals surface area contributed by atoms with Crippen molar-refractivity contribution in [3.05, 3.63) is 42.4 Å². The Balaban J connectivity index is 2.02. The molecular weight excluding hydrogens is 211 g/mol. The highest BCUT2D eigenvalue weighted by Gasteiger charge is 2.03. The van der Waals surface area contributed by atoms with Gasteiger partial charge in [0, 0.05) is 11.8 Å². The molecule has 0 radical (unpaired) electrons. The molecule has 0 spiro atoms. The van der Waals surface area contributed by atoms with Crippen LogP contribution in [0.5, 0.6) is 5.75 Å². The van der Waals surface area contributed by atoms with Gasteiger partial charge in [0.2, 0.25) is 0 Å². The zero-order chi connectivity index (χ0) is 11.4. The van der Waals surface area contributed by atoms with E-state index in [1.54, 1.807) is 18.3 Å². The van der Waals surface area contributed by atoms with Crippen molar-refractivity contribution in [3.63, 3.8) is 0 Å². The molecule has 2 aromatic rings. The molecule has 0 aliphatic rings. The number of hydrogen-bond donors (Lipinski definition) is 1. The van der Waals surface area contributed by atoms with Gasteiger partial charge in [0.1, 0.15) is 5.76 Å². The normalized spacial score (nSPS) is 10.1. The smallest absolute Gasteiger partial charge is 0.180 e. The lowest BCUT2D eigenvalue weighted by Crippen LogP contribution is -1.99. The van der Waals surface area contributed by atoms with Gasteiger partial charge >= 0.3 is 0 Å². The van der Waals surface area contributed by atoms with Crippen molar-refractivity contribution in [1.29, 1.82) is 0 Å². The predicted octanol–water partition coefficient (Wildman–Crippen LogP) is 2.43. The van der Waals surface area contributed by atoms with Crippen LogP contribution in [0, 0.1) is 5.82 Å². The molecule has 0 saturated carbocycles. The van der Waals surface area contributed by atoms with Crippen LogP contribution >= 0.6 is 0 Å². The second-order valence-electron chi connectivity index (χ2n) is 3.17. The first kappa shape index (κ1) is 10.5. The molecule has 1 N–H and O–H groups in total. The SMILES string of the molecule is COc1ccc(NCc2cnco2)cc1F. The van der Waals surface area contributed by atoms with Gasteiger partial charge in [-0.1, -0.05) is 0 Å². The van der Waals surface area contributed by atoms with E-state index in [2.05, 4.69) is 10.3 Å². The number of hydrogen-bond acceptors (Lipinski definition) is 4. The van der Waals surface area contributed by atoms with E-state index < -0.39 is 5.82 Å². The van der Waals surface area contributed by atoms with Crippen LogP contribution in [0.2, 0.25) is 0 Å². The first-order valence-corrected chi connectivity index (χ1v) is 4.74. The van der Waals surface area contributed by atoms with E-state index in [1.807, 2.05) is 0 Å². The van der Waals surface area contributed by atoms with E-state index in [4.69, 9.17) is 9.15 Å². The quantitative estimate of drug-likeness (QED) is 0.863. The summed E-state index contributed by atoms with van der Waals surface area (Å²) in [4.78, 5) is 3.78. The molecule has 4 nitrogen and oxygen atoms in total. The van der Waals surface area contributed by atoms with E-state index in [0.29, 0.717) is 18.0 Å². The lowest BCUT2D eigenvalue weighted by Gasteiger charge is -2.06. The molecule has 0 aliphatic heterocycles. The van der Waals surface area contributed by atoms with Gasteiger partial charge in [0.25, 0.3) is 0 Å². The van der Waals surface area contributed by atoms with Crippen molar-refractivity contribution in [1.82, 2.24) is 4.98 Å². The molecule has 0 fully saturated rings. The summed E-state index contributed by atoms with van der Waals surface area (Å²) in [6, 6.07) is 4.67. The number of benzene rings is 1. The number of ether oxygens (including phenoxy) is 1. The van der Waals surface area contributed by atoms with Crippen LogP contribution < -0.4 is 10.1 Å². The van der Waals surface area contributed by atoms with Crippen molar-refractivity contribution in [2.45, 2.75) is 6.54 Å². The van der Waals surface area contributed by atoms with Crippen molar-refractivity contribution >= 4 is 5.69 Å². The molecule has 5 heteroatoms. The van der Waals surface area contributed by atoms with E-state index in [9.17, 15) is 4.39 Å². The van der Waals surface area contributed by atoms with Crippen LogP contribution in [-0.2, 0) is 6.54 Å². The third-order valence-electron chi connectivity index (χ3n) is 2.10. The van der Waals surface area contributed by atoms with Gasteiger partial charge in [0.05, 0.1) is 19.9 Å². The molecule has 0 amide bonds. The summed E-state index contributed by atoms with van der Waals surface area (Å²) < 4.78 is 23.2. The second kappa shape index (κ2) is 4.65. The maximum absolute atomic E-state index is 13.3. The Hall–Kier alpha value is -2.04. The zero-order valence-corrected chi connectivity index (χ0v) is 8.74. The van der Waals surface area contributed by atoms with E-state index >= 15 is 0 Å². The highest BCUT2D eigenvalue weighted by atomic mass is 19.1. The Morgan fingerprint density at radius 2 is 2.38 bits per heavy atom. The number of rotatable bonds is 4. The number of nitrogens with one attached hydrogen (secondary N) is 1. The molecule has 0 aliphatic carbocycles. The topological polar surface area (TPSA) is 47.3 Å². The largest absolute Gasteiger partial charge is 0.494 e. The molecule has 0 bridgehead atoms. The van der Waals surface area contributed by atoms with Crippen LogP contribution in [-0.4, -0.2) is 12.1 Å². The molecule has 0 unspecified atom stereocenters. The number of nitrogens with zero attached hydrogens (tertiary/aromatic N) is 1. The van der Waals surface area contributed by atoms with Gasteiger partial charge < -0.3 is 14.5 Å². The first-order chi connectivity index (χ1) is 7.79. The minimum absolute atomic E-state index is 0.227. The standard InChI is InChI=1S/C11H11FN2O2/c1-15-11-3-2-8(4-10(11)12)14-6-9-5-13-7-16-9/h2-5,7,14H,6H2,1H3. The van der Waals surface area contributed by atoms with E-state index in [0.717, 1.165) is 0 Å². The van der Waals surface area contributed by atoms with Crippen LogP contribution in [0.25, 0.3) is 0 Å². The number of aromatic nitrogens is 1. The van der Waals surface area contributed by atoms with Crippen LogP contribution in [0.1, 0.15) is 5.76 Å². The molecule has 84 valence electrons. The van der Waals surface area contributed by atoms with Gasteiger partial charge in [-0.2, -0.15) is 0 Å². The van der Waals surface area contributed by atoms with Crippen LogP contribution in [0.15, 0.2) is 35.2 Å². The summed E-state index contributed by atoms with van der Waals surface area (Å²) in [5.41, 5.74) is 0.662. The van der Waals surface area contributed by atoms with Crippen LogP contribution in [0.3, 0.4) is 0 Å². The molecule has 1 heterocycles. The fraction of sp³-hybridized carbons (Fsp3) is 0.182. The number of anilines is 1. The van der Waals surface area contributed by atoms with Crippen molar-refractivity contribution in [2.75, 3.05) is 12.4 Å². The molecule has 1 aromatic carbocycles. The second-order valence-corrected chi connectivity index (χ2v) is 3.17. The fourth-order valence-electron chi connectivity index (χ4n) is 1.29. The summed E-state index contributed by atoms with van der Waals surface area (Å²) >= 11 is 0. The maximum Gasteiger partial charge on any atom is 0.180 e. The van der Waals surface area contributed by atoms with E-state index in [-0.39, 0.29) is 5.75 Å². The lowest BCUT2D eigenvalue weighted by atomic mass is 10.3. The maximum atomic E-state index is 13.3. The monoisotopic (exact) mass is 222 g/mol. The molecular formula is C11H11FN2O2. The Morgan fingerprint density at radius 1 is 1.50 bits per heavy atom. The molecule has 0 saturated heterocycles. The fourth-order valence-corrected chi connectivity index (χ4v) is 1.29. The average molecular weight is 222 g/mol. The molecule has 2 rings (SSSR count). The summed E-state index contributed by atoms with van der Waals surface area (Å²) in [6.45, 7) is 0.464.